The van der Waals surface area contributed by atoms with Crippen LogP contribution in [-0.2, 0) is 31.1 Å². The molecule has 10 heteroatoms. The number of rotatable bonds is 3. The van der Waals surface area contributed by atoms with Gasteiger partial charge in [0.15, 0.2) is 9.84 Å². The minimum atomic E-state index is -3.62. The molecule has 0 N–H and O–H groups in total. The Bertz CT molecular complexity index is 1010. The van der Waals surface area contributed by atoms with Gasteiger partial charge in [-0.15, -0.1) is 0 Å². The van der Waals surface area contributed by atoms with E-state index in [1.54, 1.807) is 23.1 Å². The minimum Gasteiger partial charge on any atom is -0.312 e. The fourth-order valence-corrected chi connectivity index (χ4v) is 7.82. The molecule has 3 aliphatic heterocycles. The zero-order chi connectivity index (χ0) is 20.8. The Morgan fingerprint density at radius 2 is 1.83 bits per heavy atom. The summed E-state index contributed by atoms with van der Waals surface area (Å²) in [6.45, 7) is 3.98. The molecule has 0 aliphatic carbocycles. The molecule has 4 rings (SSSR count). The van der Waals surface area contributed by atoms with E-state index < -0.39 is 19.9 Å². The molecule has 1 aromatic rings. The highest BCUT2D eigenvalue weighted by atomic mass is 32.2. The van der Waals surface area contributed by atoms with Crippen LogP contribution in [0.5, 0.6) is 0 Å². The summed E-state index contributed by atoms with van der Waals surface area (Å²) in [6, 6.07) is 5.04. The van der Waals surface area contributed by atoms with Crippen LogP contribution in [-0.4, -0.2) is 82.2 Å². The first-order valence-corrected chi connectivity index (χ1v) is 13.3. The second kappa shape index (κ2) is 7.64. The number of aryl methyl sites for hydroxylation is 1. The fraction of sp³-hybridized carbons (Fsp3) is 0.632. The van der Waals surface area contributed by atoms with E-state index in [0.29, 0.717) is 39.1 Å². The second-order valence-electron chi connectivity index (χ2n) is 8.06. The highest BCUT2D eigenvalue weighted by Crippen LogP contribution is 2.31. The zero-order valence-electron chi connectivity index (χ0n) is 16.6. The summed E-state index contributed by atoms with van der Waals surface area (Å²) in [5, 5.41) is 0. The topological polar surface area (TPSA) is 95.1 Å². The lowest BCUT2D eigenvalue weighted by Crippen LogP contribution is -2.52. The largest absolute Gasteiger partial charge is 0.312 e. The van der Waals surface area contributed by atoms with Gasteiger partial charge in [-0.2, -0.15) is 4.31 Å². The molecule has 1 amide bonds. The van der Waals surface area contributed by atoms with E-state index in [0.717, 1.165) is 24.1 Å². The number of fused-ring (bicyclic) bond motifs is 1. The lowest BCUT2D eigenvalue weighted by Gasteiger charge is -2.37. The molecule has 29 heavy (non-hydrogen) atoms. The van der Waals surface area contributed by atoms with Crippen molar-refractivity contribution in [2.24, 2.45) is 0 Å². The van der Waals surface area contributed by atoms with Gasteiger partial charge >= 0.3 is 0 Å². The first-order chi connectivity index (χ1) is 13.7. The molecule has 8 nitrogen and oxygen atoms in total. The van der Waals surface area contributed by atoms with Gasteiger partial charge in [0.1, 0.15) is 0 Å². The van der Waals surface area contributed by atoms with Crippen LogP contribution in [0.15, 0.2) is 23.1 Å². The molecule has 1 aromatic carbocycles. The molecule has 0 spiro atoms. The lowest BCUT2D eigenvalue weighted by molar-refractivity contribution is -0.116. The quantitative estimate of drug-likeness (QED) is 0.677. The van der Waals surface area contributed by atoms with Crippen molar-refractivity contribution in [1.82, 2.24) is 9.21 Å². The summed E-state index contributed by atoms with van der Waals surface area (Å²) >= 11 is 0. The third-order valence-electron chi connectivity index (χ3n) is 6.19. The van der Waals surface area contributed by atoms with Crippen molar-refractivity contribution in [1.29, 1.82) is 0 Å². The molecule has 3 heterocycles. The minimum absolute atomic E-state index is 0.00571. The molecule has 2 fully saturated rings. The molecule has 160 valence electrons. The van der Waals surface area contributed by atoms with Crippen LogP contribution < -0.4 is 4.90 Å². The predicted octanol–water partition coefficient (Wildman–Crippen LogP) is 0.479. The Hall–Kier alpha value is -1.49. The van der Waals surface area contributed by atoms with Gasteiger partial charge in [0, 0.05) is 51.4 Å². The molecule has 0 aromatic heterocycles. The Kier molecular flexibility index (Phi) is 5.47. The summed E-state index contributed by atoms with van der Waals surface area (Å²) in [5.74, 6) is 0.367. The molecule has 0 bridgehead atoms. The maximum atomic E-state index is 13.2. The van der Waals surface area contributed by atoms with Crippen LogP contribution in [0.2, 0.25) is 0 Å². The van der Waals surface area contributed by atoms with E-state index in [9.17, 15) is 21.6 Å². The van der Waals surface area contributed by atoms with E-state index in [4.69, 9.17) is 0 Å². The van der Waals surface area contributed by atoms with Gasteiger partial charge in [-0.25, -0.2) is 16.8 Å². The highest BCUT2D eigenvalue weighted by Gasteiger charge is 2.36. The second-order valence-corrected chi connectivity index (χ2v) is 12.2. The Morgan fingerprint density at radius 1 is 1.10 bits per heavy atom. The number of hydrogen-bond donors (Lipinski definition) is 0. The Morgan fingerprint density at radius 3 is 2.45 bits per heavy atom. The smallest absolute Gasteiger partial charge is 0.243 e. The molecule has 1 atom stereocenters. The molecule has 0 radical (unpaired) electrons. The van der Waals surface area contributed by atoms with Crippen molar-refractivity contribution in [3.05, 3.63) is 23.8 Å². The molecule has 0 saturated carbocycles. The number of hydrogen-bond acceptors (Lipinski definition) is 6. The van der Waals surface area contributed by atoms with Gasteiger partial charge in [-0.1, -0.05) is 0 Å². The number of piperazine rings is 1. The van der Waals surface area contributed by atoms with Crippen molar-refractivity contribution < 1.29 is 21.6 Å². The summed E-state index contributed by atoms with van der Waals surface area (Å²) < 4.78 is 51.2. The molecule has 1 unspecified atom stereocenters. The third kappa shape index (κ3) is 4.08. The number of anilines is 1. The number of benzene rings is 1. The molecule has 3 aliphatic rings. The molecular formula is C19H27N3O5S2. The first kappa shape index (κ1) is 20.8. The Balaban J connectivity index is 1.48. The van der Waals surface area contributed by atoms with Crippen molar-refractivity contribution >= 4 is 31.5 Å². The van der Waals surface area contributed by atoms with Crippen LogP contribution in [0, 0.1) is 0 Å². The molecular weight excluding hydrogens is 414 g/mol. The number of nitrogens with zero attached hydrogens (tertiary/aromatic N) is 3. The third-order valence-corrected chi connectivity index (χ3v) is 9.83. The first-order valence-electron chi connectivity index (χ1n) is 10.0. The van der Waals surface area contributed by atoms with Gasteiger partial charge < -0.3 is 4.90 Å². The summed E-state index contributed by atoms with van der Waals surface area (Å²) in [7, 11) is -6.57. The van der Waals surface area contributed by atoms with E-state index >= 15 is 0 Å². The van der Waals surface area contributed by atoms with E-state index in [1.165, 1.54) is 11.2 Å². The number of sulfonamides is 1. The number of sulfone groups is 1. The van der Waals surface area contributed by atoms with Crippen molar-refractivity contribution in [2.75, 3.05) is 49.1 Å². The zero-order valence-corrected chi connectivity index (χ0v) is 18.2. The maximum absolute atomic E-state index is 13.2. The summed E-state index contributed by atoms with van der Waals surface area (Å²) in [5.41, 5.74) is 1.69. The average Bonchev–Trinajstić information content (AvgIpc) is 3.06. The van der Waals surface area contributed by atoms with Crippen LogP contribution in [0.3, 0.4) is 0 Å². The van der Waals surface area contributed by atoms with Crippen molar-refractivity contribution in [2.45, 2.75) is 37.1 Å². The van der Waals surface area contributed by atoms with E-state index in [1.807, 2.05) is 0 Å². The predicted molar refractivity (Wildman–Crippen MR) is 110 cm³/mol. The number of carbonyl (C=O) groups is 1. The van der Waals surface area contributed by atoms with Crippen molar-refractivity contribution in [3.8, 4) is 0 Å². The average molecular weight is 442 g/mol. The summed E-state index contributed by atoms with van der Waals surface area (Å²) in [6.07, 6.45) is 2.21. The molecule has 2 saturated heterocycles. The van der Waals surface area contributed by atoms with E-state index in [-0.39, 0.29) is 28.4 Å². The highest BCUT2D eigenvalue weighted by molar-refractivity contribution is 7.91. The Labute approximate surface area is 172 Å². The van der Waals surface area contributed by atoms with Crippen LogP contribution in [0.1, 0.15) is 25.3 Å². The number of amides is 1. The lowest BCUT2D eigenvalue weighted by atomic mass is 10.0. The van der Waals surface area contributed by atoms with Crippen LogP contribution in [0.4, 0.5) is 5.69 Å². The van der Waals surface area contributed by atoms with Gasteiger partial charge in [-0.05, 0) is 43.0 Å². The van der Waals surface area contributed by atoms with Crippen molar-refractivity contribution in [3.63, 3.8) is 0 Å². The fourth-order valence-electron chi connectivity index (χ4n) is 4.58. The van der Waals surface area contributed by atoms with Gasteiger partial charge in [-0.3, -0.25) is 9.69 Å². The van der Waals surface area contributed by atoms with Crippen LogP contribution in [0.25, 0.3) is 0 Å². The maximum Gasteiger partial charge on any atom is 0.243 e. The monoisotopic (exact) mass is 441 g/mol. The van der Waals surface area contributed by atoms with Gasteiger partial charge in [0.05, 0.1) is 16.4 Å². The normalized spacial score (nSPS) is 25.7. The van der Waals surface area contributed by atoms with Gasteiger partial charge in [0.25, 0.3) is 0 Å². The number of carbonyl (C=O) groups excluding carboxylic acids is 1. The van der Waals surface area contributed by atoms with Crippen LogP contribution >= 0.6 is 0 Å². The summed E-state index contributed by atoms with van der Waals surface area (Å²) in [4.78, 5) is 15.9. The van der Waals surface area contributed by atoms with Gasteiger partial charge in [0.2, 0.25) is 15.9 Å². The van der Waals surface area contributed by atoms with E-state index in [2.05, 4.69) is 4.90 Å². The SMILES string of the molecule is CC(=O)N1CCCc2cc(S(=O)(=O)N3CCN(C4CCS(=O)(=O)C4)CC3)ccc21. The standard InChI is InChI=1S/C19H27N3O5S2/c1-15(23)22-7-2-3-16-13-18(4-5-19(16)22)29(26,27)21-10-8-20(9-11-21)17-6-12-28(24,25)14-17/h4-5,13,17H,2-3,6-12,14H2,1H3.